The molecule has 190 valence electrons. The number of anilines is 1. The Balaban J connectivity index is 1.60. The zero-order valence-electron chi connectivity index (χ0n) is 20.3. The molecular formula is C23H30N4O6S2. The van der Waals surface area contributed by atoms with Crippen LogP contribution in [0.25, 0.3) is 16.3 Å². The number of hydrogen-bond acceptors (Lipinski definition) is 9. The highest BCUT2D eigenvalue weighted by Crippen LogP contribution is 2.40. The molecule has 0 bridgehead atoms. The molecule has 0 spiro atoms. The fourth-order valence-corrected chi connectivity index (χ4v) is 6.13. The van der Waals surface area contributed by atoms with Crippen LogP contribution in [-0.2, 0) is 35.3 Å². The summed E-state index contributed by atoms with van der Waals surface area (Å²) in [7, 11) is -2.04. The molecule has 1 aliphatic heterocycles. The van der Waals surface area contributed by atoms with Crippen molar-refractivity contribution in [2.75, 3.05) is 18.1 Å². The van der Waals surface area contributed by atoms with Gasteiger partial charge in [0, 0.05) is 11.3 Å². The second kappa shape index (κ2) is 10.3. The number of benzene rings is 1. The highest BCUT2D eigenvalue weighted by Gasteiger charge is 2.38. The van der Waals surface area contributed by atoms with Crippen LogP contribution in [-0.4, -0.2) is 48.6 Å². The molecule has 1 aromatic carbocycles. The highest BCUT2D eigenvalue weighted by molar-refractivity contribution is 8.04. The average molecular weight is 523 g/mol. The molecule has 1 N–H and O–H groups in total. The average Bonchev–Trinajstić information content (AvgIpc) is 3.32. The summed E-state index contributed by atoms with van der Waals surface area (Å²) in [4.78, 5) is 23.1. The molecule has 1 aromatic heterocycles. The molecule has 0 saturated heterocycles. The van der Waals surface area contributed by atoms with Crippen molar-refractivity contribution in [1.29, 1.82) is 0 Å². The van der Waals surface area contributed by atoms with Gasteiger partial charge in [-0.15, -0.1) is 0 Å². The second-order valence-electron chi connectivity index (χ2n) is 9.40. The number of carbonyl (C=O) groups excluding carboxylic acids is 1. The van der Waals surface area contributed by atoms with Gasteiger partial charge in [-0.1, -0.05) is 32.9 Å². The lowest BCUT2D eigenvalue weighted by molar-refractivity contribution is -0.159. The summed E-state index contributed by atoms with van der Waals surface area (Å²) in [6.07, 6.45) is 2.98. The topological polar surface area (TPSA) is 122 Å². The number of aromatic nitrogens is 3. The molecular weight excluding hydrogens is 492 g/mol. The molecule has 1 fully saturated rings. The first-order valence-electron chi connectivity index (χ1n) is 11.4. The van der Waals surface area contributed by atoms with Crippen molar-refractivity contribution in [3.63, 3.8) is 0 Å². The standard InChI is InChI=1S/C23H30N4O6S2/c1-13-9-14(2)19(15(3)10-13)32-23(28)18-12-27-22(20(18)34-33-31-4)24-21(25-27)16-7-6-8-17(11-16)26-35(5,29)30/h6-8,11,13-15,19,26H,9-10,12H2,1-5H3. The van der Waals surface area contributed by atoms with Gasteiger partial charge in [-0.05, 0) is 42.7 Å². The van der Waals surface area contributed by atoms with E-state index in [1.54, 1.807) is 28.9 Å². The Kier molecular flexibility index (Phi) is 7.55. The van der Waals surface area contributed by atoms with Gasteiger partial charge in [-0.25, -0.2) is 27.8 Å². The third kappa shape index (κ3) is 5.88. The minimum absolute atomic E-state index is 0.151. The number of ether oxygens (including phenoxy) is 1. The van der Waals surface area contributed by atoms with Crippen molar-refractivity contribution in [2.45, 2.75) is 46.3 Å². The summed E-state index contributed by atoms with van der Waals surface area (Å²) in [5.74, 6) is 1.61. The Morgan fingerprint density at radius 1 is 1.20 bits per heavy atom. The smallest absolute Gasteiger partial charge is 0.337 e. The third-order valence-corrected chi connectivity index (χ3v) is 7.63. The van der Waals surface area contributed by atoms with Crippen LogP contribution >= 0.6 is 12.0 Å². The van der Waals surface area contributed by atoms with E-state index in [-0.39, 0.29) is 24.5 Å². The second-order valence-corrected chi connectivity index (χ2v) is 11.9. The molecule has 1 aliphatic carbocycles. The van der Waals surface area contributed by atoms with Gasteiger partial charge < -0.3 is 4.74 Å². The molecule has 2 atom stereocenters. The predicted molar refractivity (Wildman–Crippen MR) is 133 cm³/mol. The first-order chi connectivity index (χ1) is 16.6. The van der Waals surface area contributed by atoms with Crippen LogP contribution in [0.3, 0.4) is 0 Å². The van der Waals surface area contributed by atoms with Gasteiger partial charge in [0.2, 0.25) is 10.0 Å². The number of rotatable bonds is 8. The van der Waals surface area contributed by atoms with E-state index in [0.29, 0.717) is 39.3 Å². The molecule has 2 aliphatic rings. The van der Waals surface area contributed by atoms with Gasteiger partial charge in [0.15, 0.2) is 11.6 Å². The lowest BCUT2D eigenvalue weighted by atomic mass is 9.75. The fourth-order valence-electron chi connectivity index (χ4n) is 4.97. The van der Waals surface area contributed by atoms with Gasteiger partial charge in [-0.2, -0.15) is 9.43 Å². The molecule has 12 heteroatoms. The number of nitrogens with one attached hydrogen (secondary N) is 1. The Morgan fingerprint density at radius 2 is 1.91 bits per heavy atom. The first kappa shape index (κ1) is 25.7. The van der Waals surface area contributed by atoms with Crippen LogP contribution < -0.4 is 4.72 Å². The van der Waals surface area contributed by atoms with Crippen LogP contribution in [0.1, 0.15) is 39.4 Å². The molecule has 1 saturated carbocycles. The molecule has 2 heterocycles. The number of nitrogens with zero attached hydrogens (tertiary/aromatic N) is 3. The van der Waals surface area contributed by atoms with E-state index in [2.05, 4.69) is 35.6 Å². The van der Waals surface area contributed by atoms with Gasteiger partial charge in [0.1, 0.15) is 6.10 Å². The summed E-state index contributed by atoms with van der Waals surface area (Å²) in [6, 6.07) is 6.79. The lowest BCUT2D eigenvalue weighted by Gasteiger charge is -2.37. The minimum atomic E-state index is -3.42. The molecule has 10 nitrogen and oxygen atoms in total. The maximum absolute atomic E-state index is 13.2. The van der Waals surface area contributed by atoms with Crippen LogP contribution in [0.5, 0.6) is 0 Å². The van der Waals surface area contributed by atoms with Crippen molar-refractivity contribution in [2.24, 2.45) is 17.8 Å². The summed E-state index contributed by atoms with van der Waals surface area (Å²) >= 11 is 0.888. The van der Waals surface area contributed by atoms with Crippen LogP contribution in [0.2, 0.25) is 0 Å². The molecule has 35 heavy (non-hydrogen) atoms. The molecule has 0 amide bonds. The normalized spacial score (nSPS) is 24.4. The monoisotopic (exact) mass is 522 g/mol. The van der Waals surface area contributed by atoms with Gasteiger partial charge in [0.25, 0.3) is 0 Å². The Hall–Kier alpha value is -2.41. The maximum atomic E-state index is 13.2. The number of fused-ring (bicyclic) bond motifs is 1. The summed E-state index contributed by atoms with van der Waals surface area (Å²) in [5, 5.41) is 4.55. The minimum Gasteiger partial charge on any atom is -0.458 e. The summed E-state index contributed by atoms with van der Waals surface area (Å²) < 4.78 is 38.3. The zero-order valence-corrected chi connectivity index (χ0v) is 22.0. The van der Waals surface area contributed by atoms with Crippen molar-refractivity contribution in [1.82, 2.24) is 14.8 Å². The Labute approximate surface area is 209 Å². The lowest BCUT2D eigenvalue weighted by Crippen LogP contribution is -2.37. The van der Waals surface area contributed by atoms with Crippen molar-refractivity contribution < 1.29 is 27.2 Å². The molecule has 2 unspecified atom stereocenters. The number of carbonyl (C=O) groups is 1. The van der Waals surface area contributed by atoms with Crippen molar-refractivity contribution in [3.8, 4) is 11.4 Å². The number of esters is 1. The zero-order chi connectivity index (χ0) is 25.3. The van der Waals surface area contributed by atoms with E-state index in [1.165, 1.54) is 7.11 Å². The van der Waals surface area contributed by atoms with E-state index in [0.717, 1.165) is 31.1 Å². The maximum Gasteiger partial charge on any atom is 0.337 e. The largest absolute Gasteiger partial charge is 0.458 e. The fraction of sp³-hybridized carbons (Fsp3) is 0.522. The van der Waals surface area contributed by atoms with E-state index < -0.39 is 16.0 Å². The van der Waals surface area contributed by atoms with Crippen molar-refractivity contribution >= 4 is 38.6 Å². The van der Waals surface area contributed by atoms with Gasteiger partial charge >= 0.3 is 5.97 Å². The van der Waals surface area contributed by atoms with E-state index >= 15 is 0 Å². The Bertz CT molecular complexity index is 1230. The van der Waals surface area contributed by atoms with Crippen LogP contribution in [0.4, 0.5) is 5.69 Å². The van der Waals surface area contributed by atoms with Crippen LogP contribution in [0, 0.1) is 17.8 Å². The molecule has 2 aromatic rings. The molecule has 0 radical (unpaired) electrons. The number of hydrogen-bond donors (Lipinski definition) is 1. The SMILES string of the molecule is COOSC1=C(C(=O)OC2C(C)CC(C)CC2C)Cn2nc(-c3cccc(NS(C)(=O)=O)c3)nc21. The first-order valence-corrected chi connectivity index (χ1v) is 14.0. The van der Waals surface area contributed by atoms with E-state index in [9.17, 15) is 13.2 Å². The number of sulfonamides is 1. The summed E-state index contributed by atoms with van der Waals surface area (Å²) in [6.45, 7) is 6.67. The molecule has 4 rings (SSSR count). The third-order valence-electron chi connectivity index (χ3n) is 6.23. The van der Waals surface area contributed by atoms with Crippen molar-refractivity contribution in [3.05, 3.63) is 35.7 Å². The quantitative estimate of drug-likeness (QED) is 0.238. The van der Waals surface area contributed by atoms with Crippen LogP contribution in [0.15, 0.2) is 29.8 Å². The highest BCUT2D eigenvalue weighted by atomic mass is 32.2. The van der Waals surface area contributed by atoms with Gasteiger partial charge in [-0.3, -0.25) is 4.72 Å². The predicted octanol–water partition coefficient (Wildman–Crippen LogP) is 3.88. The summed E-state index contributed by atoms with van der Waals surface area (Å²) in [5.41, 5.74) is 1.45. The van der Waals surface area contributed by atoms with Gasteiger partial charge in [0.05, 0.1) is 42.4 Å². The van der Waals surface area contributed by atoms with E-state index in [1.807, 2.05) is 0 Å². The Morgan fingerprint density at radius 3 is 2.57 bits per heavy atom. The van der Waals surface area contributed by atoms with E-state index in [4.69, 9.17) is 14.0 Å².